The van der Waals surface area contributed by atoms with E-state index in [1.165, 1.54) is 16.7 Å². The van der Waals surface area contributed by atoms with Crippen LogP contribution < -0.4 is 94.1 Å². The average Bonchev–Trinajstić information content (AvgIpc) is 1.79. The fraction of sp³-hybridized carbons (Fsp3) is 0.667. The fourth-order valence-electron chi connectivity index (χ4n) is 10.7. The van der Waals surface area contributed by atoms with E-state index in [1.54, 1.807) is 44.2 Å². The fourth-order valence-corrected chi connectivity index (χ4v) is 10.7. The number of hydrogen-bond acceptors (Lipinski definition) is 16. The summed E-state index contributed by atoms with van der Waals surface area (Å²) in [5.74, 6) is -8.58. The summed E-state index contributed by atoms with van der Waals surface area (Å²) >= 11 is 0. The molecule has 1 aromatic carbocycles. The van der Waals surface area contributed by atoms with Crippen molar-refractivity contribution in [2.24, 2.45) is 78.4 Å². The molecule has 33 heteroatoms. The molecule has 93 heavy (non-hydrogen) atoms. The van der Waals surface area contributed by atoms with Gasteiger partial charge >= 0.3 is 0 Å². The number of primary amides is 1. The Bertz CT molecular complexity index is 2740. The van der Waals surface area contributed by atoms with Crippen molar-refractivity contribution in [2.45, 2.75) is 198 Å². The number of unbranched alkanes of at least 4 members (excludes halogenated alkanes) is 1. The van der Waals surface area contributed by atoms with Crippen LogP contribution in [0.1, 0.15) is 136 Å². The average molecular weight is 1310 g/mol. The molecule has 0 unspecified atom stereocenters. The van der Waals surface area contributed by atoms with Crippen LogP contribution in [0.2, 0.25) is 0 Å². The molecule has 33 nitrogen and oxygen atoms in total. The Morgan fingerprint density at radius 3 is 1.51 bits per heavy atom. The summed E-state index contributed by atoms with van der Waals surface area (Å²) in [6, 6.07) is -2.82. The first-order valence-corrected chi connectivity index (χ1v) is 32.0. The summed E-state index contributed by atoms with van der Waals surface area (Å²) in [6.07, 6.45) is 3.93. The molecule has 0 aromatic heterocycles. The Hall–Kier alpha value is -8.88. The van der Waals surface area contributed by atoms with Crippen LogP contribution in [-0.4, -0.2) is 199 Å². The van der Waals surface area contributed by atoms with Gasteiger partial charge in [-0.1, -0.05) is 64.4 Å². The molecule has 2 aliphatic heterocycles. The third kappa shape index (κ3) is 27.9. The molecule has 11 amide bonds. The van der Waals surface area contributed by atoms with Gasteiger partial charge in [0.15, 0.2) is 17.9 Å². The highest BCUT2D eigenvalue weighted by Gasteiger charge is 2.42. The lowest BCUT2D eigenvalue weighted by Gasteiger charge is -2.32. The number of aliphatic imine (C=N–C) groups is 3. The van der Waals surface area contributed by atoms with Gasteiger partial charge in [-0.25, -0.2) is 0 Å². The van der Waals surface area contributed by atoms with E-state index in [0.717, 1.165) is 0 Å². The second-order valence-electron chi connectivity index (χ2n) is 24.0. The Balaban J connectivity index is 1.85. The van der Waals surface area contributed by atoms with Gasteiger partial charge in [0.25, 0.3) is 0 Å². The maximum atomic E-state index is 14.8. The molecule has 0 spiro atoms. The second-order valence-corrected chi connectivity index (χ2v) is 24.0. The van der Waals surface area contributed by atoms with Crippen molar-refractivity contribution in [1.82, 2.24) is 52.3 Å². The van der Waals surface area contributed by atoms with Crippen molar-refractivity contribution < 1.29 is 52.7 Å². The van der Waals surface area contributed by atoms with E-state index in [-0.39, 0.29) is 114 Å². The molecule has 2 fully saturated rings. The van der Waals surface area contributed by atoms with Gasteiger partial charge in [0.1, 0.15) is 54.4 Å². The molecule has 2 heterocycles. The minimum absolute atomic E-state index is 0.0273. The van der Waals surface area contributed by atoms with Crippen LogP contribution in [0, 0.1) is 11.8 Å². The highest BCUT2D eigenvalue weighted by molar-refractivity contribution is 5.99. The highest BCUT2D eigenvalue weighted by atomic mass is 16.2. The predicted octanol–water partition coefficient (Wildman–Crippen LogP) is -5.06. The molecule has 11 atom stereocenters. The smallest absolute Gasteiger partial charge is 0.245 e. The third-order valence-electron chi connectivity index (χ3n) is 15.9. The van der Waals surface area contributed by atoms with Crippen molar-refractivity contribution in [1.29, 1.82) is 0 Å². The Labute approximate surface area is 544 Å². The topological polar surface area (TPSA) is 562 Å². The predicted molar refractivity (Wildman–Crippen MR) is 351 cm³/mol. The maximum absolute atomic E-state index is 14.8. The summed E-state index contributed by atoms with van der Waals surface area (Å²) in [5.41, 5.74) is 51.0. The van der Waals surface area contributed by atoms with Crippen molar-refractivity contribution in [3.8, 4) is 0 Å². The first-order chi connectivity index (χ1) is 44.1. The summed E-state index contributed by atoms with van der Waals surface area (Å²) in [4.78, 5) is 167. The number of likely N-dealkylation sites (tertiary alicyclic amines) is 2. The summed E-state index contributed by atoms with van der Waals surface area (Å²) in [6.45, 7) is 9.15. The molecule has 0 radical (unpaired) electrons. The number of rotatable bonds is 41. The van der Waals surface area contributed by atoms with Crippen molar-refractivity contribution >= 4 is 82.9 Å². The Kier molecular flexibility index (Phi) is 34.4. The van der Waals surface area contributed by atoms with Gasteiger partial charge in [-0.3, -0.25) is 67.7 Å². The van der Waals surface area contributed by atoms with E-state index >= 15 is 0 Å². The molecular formula is C60H104N22O11. The lowest BCUT2D eigenvalue weighted by molar-refractivity contribution is -0.143. The SMILES string of the molecule is CC[C@H](C)[C@H](NC(=O)[C@H](Cc1ccccc1)NC(=O)[C@H](C)NC(=O)[C@@H]1CCCN1C(=O)[C@H](CCCN=C(N)N)NC(=O)[C@@H](N)CC(C)C)C(=O)N[C@@H](CCCN=C(N)N)C(=O)N1CCC[C@H]1C(=O)N[C@@H](CCCCN)C(=O)NCC(=O)N[C@@H](CCCN=C(N)N)C(N)=O. The largest absolute Gasteiger partial charge is 0.370 e. The van der Waals surface area contributed by atoms with Gasteiger partial charge in [0.2, 0.25) is 65.0 Å². The second kappa shape index (κ2) is 40.9. The number of nitrogens with one attached hydrogen (secondary N) is 8. The van der Waals surface area contributed by atoms with Crippen molar-refractivity contribution in [2.75, 3.05) is 45.8 Å². The lowest BCUT2D eigenvalue weighted by Crippen LogP contribution is -2.61. The van der Waals surface area contributed by atoms with Gasteiger partial charge in [-0.15, -0.1) is 0 Å². The van der Waals surface area contributed by atoms with Crippen LogP contribution in [0.4, 0.5) is 0 Å². The molecule has 0 saturated carbocycles. The zero-order valence-electron chi connectivity index (χ0n) is 54.5. The number of carbonyl (C=O) groups is 11. The molecule has 2 saturated heterocycles. The summed E-state index contributed by atoms with van der Waals surface area (Å²) in [5, 5.41) is 21.6. The molecular weight excluding hydrogens is 1200 g/mol. The van der Waals surface area contributed by atoms with Crippen LogP contribution in [0.3, 0.4) is 0 Å². The van der Waals surface area contributed by atoms with Gasteiger partial charge in [-0.05, 0) is 121 Å². The van der Waals surface area contributed by atoms with E-state index in [9.17, 15) is 52.7 Å². The third-order valence-corrected chi connectivity index (χ3v) is 15.9. The van der Waals surface area contributed by atoms with Crippen molar-refractivity contribution in [3.63, 3.8) is 0 Å². The molecule has 0 bridgehead atoms. The van der Waals surface area contributed by atoms with Crippen LogP contribution in [0.25, 0.3) is 0 Å². The first-order valence-electron chi connectivity index (χ1n) is 32.0. The molecule has 0 aliphatic carbocycles. The quantitative estimate of drug-likeness (QED) is 0.0166. The minimum Gasteiger partial charge on any atom is -0.370 e. The van der Waals surface area contributed by atoms with Gasteiger partial charge in [-0.2, -0.15) is 0 Å². The molecule has 26 N–H and O–H groups in total. The van der Waals surface area contributed by atoms with E-state index in [4.69, 9.17) is 51.6 Å². The van der Waals surface area contributed by atoms with Crippen LogP contribution in [0.5, 0.6) is 0 Å². The van der Waals surface area contributed by atoms with E-state index in [1.807, 2.05) is 13.8 Å². The van der Waals surface area contributed by atoms with E-state index < -0.39 is 138 Å². The standard InChI is InChI=1S/C60H104N22O11/c1-6-35(4)47(80-52(88)43(32-37-17-8-7-9-18-37)79-49(85)36(5)74-53(89)44-23-15-29-81(44)56(92)41(21-13-27-71-59(66)67)77-50(86)38(62)31-34(2)3)55(91)78-42(22-14-28-72-60(68)69)57(93)82-30-16-24-45(82)54(90)76-40(19-10-11-25-61)51(87)73-33-46(83)75-39(48(63)84)20-12-26-70-58(64)65/h7-9,17-18,34-36,38-45,47H,6,10-16,19-33,61-62H2,1-5H3,(H2,63,84)(H,73,87)(H,74,89)(H,75,83)(H,76,90)(H,77,86)(H,78,91)(H,79,85)(H,80,88)(H4,64,65,70)(H4,66,67,71)(H4,68,69,72)/t35-,36-,38-,39-,40-,41-,42-,43-,44-,45-,47-/m0/s1. The van der Waals surface area contributed by atoms with E-state index in [2.05, 4.69) is 57.5 Å². The molecule has 3 rings (SSSR count). The zero-order valence-corrected chi connectivity index (χ0v) is 54.5. The van der Waals surface area contributed by atoms with Crippen LogP contribution >= 0.6 is 0 Å². The Morgan fingerprint density at radius 2 is 1.02 bits per heavy atom. The number of nitrogens with zero attached hydrogens (tertiary/aromatic N) is 5. The molecule has 520 valence electrons. The number of hydrogen-bond donors (Lipinski definition) is 17. The van der Waals surface area contributed by atoms with Gasteiger partial charge in [0, 0.05) is 39.1 Å². The Morgan fingerprint density at radius 1 is 0.538 bits per heavy atom. The summed E-state index contributed by atoms with van der Waals surface area (Å²) in [7, 11) is 0. The first kappa shape index (κ1) is 78.4. The normalized spacial score (nSPS) is 17.2. The monoisotopic (exact) mass is 1310 g/mol. The number of amides is 11. The lowest BCUT2D eigenvalue weighted by atomic mass is 9.96. The molecule has 2 aliphatic rings. The zero-order chi connectivity index (χ0) is 69.3. The van der Waals surface area contributed by atoms with Crippen molar-refractivity contribution in [3.05, 3.63) is 35.9 Å². The molecule has 1 aromatic rings. The van der Waals surface area contributed by atoms with E-state index in [0.29, 0.717) is 56.9 Å². The number of nitrogens with two attached hydrogens (primary N) is 9. The number of guanidine groups is 3. The van der Waals surface area contributed by atoms with Crippen LogP contribution in [0.15, 0.2) is 45.3 Å². The van der Waals surface area contributed by atoms with Crippen LogP contribution in [-0.2, 0) is 59.2 Å². The summed E-state index contributed by atoms with van der Waals surface area (Å²) < 4.78 is 0. The maximum Gasteiger partial charge on any atom is 0.245 e. The van der Waals surface area contributed by atoms with Gasteiger partial charge < -0.3 is 104 Å². The number of benzene rings is 1. The minimum atomic E-state index is -1.33. The highest BCUT2D eigenvalue weighted by Crippen LogP contribution is 2.23. The van der Waals surface area contributed by atoms with Gasteiger partial charge in [0.05, 0.1) is 12.6 Å². The number of carbonyl (C=O) groups excluding carboxylic acids is 11.